The molecule has 0 saturated carbocycles. The Labute approximate surface area is 157 Å². The first-order valence-electron chi connectivity index (χ1n) is 8.67. The summed E-state index contributed by atoms with van der Waals surface area (Å²) in [5.41, 5.74) is 7.24. The molecule has 27 heavy (non-hydrogen) atoms. The van der Waals surface area contributed by atoms with Crippen molar-refractivity contribution in [2.24, 2.45) is 0 Å². The van der Waals surface area contributed by atoms with Gasteiger partial charge in [0.2, 0.25) is 0 Å². The largest absolute Gasteiger partial charge is 0.504 e. The Morgan fingerprint density at radius 2 is 1.78 bits per heavy atom. The lowest BCUT2D eigenvalue weighted by atomic mass is 9.99. The highest BCUT2D eigenvalue weighted by molar-refractivity contribution is 6.35. The Morgan fingerprint density at radius 1 is 1.04 bits per heavy atom. The SMILES string of the molecule is COc1cc(-c2ccc3c(c2)NC(=O)C3=Cc2[nH]c(C)cc2C)ccc1O. The van der Waals surface area contributed by atoms with Crippen LogP contribution in [0.25, 0.3) is 22.8 Å². The summed E-state index contributed by atoms with van der Waals surface area (Å²) in [6, 6.07) is 13.1. The number of nitrogens with one attached hydrogen (secondary N) is 2. The summed E-state index contributed by atoms with van der Waals surface area (Å²) in [5, 5.41) is 12.7. The second-order valence-electron chi connectivity index (χ2n) is 6.71. The highest BCUT2D eigenvalue weighted by atomic mass is 16.5. The molecule has 0 saturated heterocycles. The summed E-state index contributed by atoms with van der Waals surface area (Å²) in [5.74, 6) is 0.393. The van der Waals surface area contributed by atoms with Crippen molar-refractivity contribution < 1.29 is 14.6 Å². The van der Waals surface area contributed by atoms with Gasteiger partial charge in [-0.05, 0) is 60.9 Å². The number of aromatic hydroxyl groups is 1. The summed E-state index contributed by atoms with van der Waals surface area (Å²) in [4.78, 5) is 15.8. The monoisotopic (exact) mass is 360 g/mol. The molecule has 0 radical (unpaired) electrons. The van der Waals surface area contributed by atoms with Gasteiger partial charge in [0.15, 0.2) is 11.5 Å². The number of H-pyrrole nitrogens is 1. The van der Waals surface area contributed by atoms with Gasteiger partial charge in [-0.2, -0.15) is 0 Å². The molecule has 0 unspecified atom stereocenters. The average Bonchev–Trinajstić information content (AvgIpc) is 3.13. The molecule has 0 fully saturated rings. The van der Waals surface area contributed by atoms with Crippen molar-refractivity contribution in [3.8, 4) is 22.6 Å². The van der Waals surface area contributed by atoms with Crippen molar-refractivity contribution in [2.45, 2.75) is 13.8 Å². The molecule has 136 valence electrons. The van der Waals surface area contributed by atoms with Crippen LogP contribution in [-0.4, -0.2) is 23.1 Å². The number of carbonyl (C=O) groups is 1. The molecule has 2 heterocycles. The zero-order valence-corrected chi connectivity index (χ0v) is 15.4. The quantitative estimate of drug-likeness (QED) is 0.602. The first-order chi connectivity index (χ1) is 13.0. The third kappa shape index (κ3) is 2.97. The van der Waals surface area contributed by atoms with E-state index in [0.29, 0.717) is 11.3 Å². The number of fused-ring (bicyclic) bond motifs is 1. The van der Waals surface area contributed by atoms with Crippen LogP contribution in [0.2, 0.25) is 0 Å². The summed E-state index contributed by atoms with van der Waals surface area (Å²) < 4.78 is 5.18. The van der Waals surface area contributed by atoms with E-state index in [0.717, 1.165) is 39.3 Å². The molecule has 0 atom stereocenters. The van der Waals surface area contributed by atoms with E-state index in [4.69, 9.17) is 4.74 Å². The molecule has 0 aliphatic carbocycles. The van der Waals surface area contributed by atoms with E-state index in [1.165, 1.54) is 7.11 Å². The molecule has 5 heteroatoms. The topological polar surface area (TPSA) is 74.3 Å². The van der Waals surface area contributed by atoms with Crippen LogP contribution in [0.15, 0.2) is 42.5 Å². The molecule has 5 nitrogen and oxygen atoms in total. The van der Waals surface area contributed by atoms with Crippen molar-refractivity contribution in [1.82, 2.24) is 4.98 Å². The van der Waals surface area contributed by atoms with E-state index in [2.05, 4.69) is 16.4 Å². The van der Waals surface area contributed by atoms with Crippen LogP contribution < -0.4 is 10.1 Å². The lowest BCUT2D eigenvalue weighted by Crippen LogP contribution is -2.03. The number of methoxy groups -OCH3 is 1. The van der Waals surface area contributed by atoms with E-state index in [1.807, 2.05) is 44.2 Å². The van der Waals surface area contributed by atoms with Crippen molar-refractivity contribution >= 4 is 23.2 Å². The van der Waals surface area contributed by atoms with Crippen molar-refractivity contribution in [3.05, 3.63) is 65.0 Å². The number of phenols is 1. The first-order valence-corrected chi connectivity index (χ1v) is 8.67. The minimum Gasteiger partial charge on any atom is -0.504 e. The van der Waals surface area contributed by atoms with Gasteiger partial charge in [-0.1, -0.05) is 18.2 Å². The van der Waals surface area contributed by atoms with Gasteiger partial charge in [-0.3, -0.25) is 4.79 Å². The number of anilines is 1. The number of phenolic OH excluding ortho intramolecular Hbond substituents is 1. The number of aryl methyl sites for hydroxylation is 2. The fourth-order valence-corrected chi connectivity index (χ4v) is 3.42. The number of aromatic amines is 1. The van der Waals surface area contributed by atoms with Gasteiger partial charge in [0, 0.05) is 22.6 Å². The number of benzene rings is 2. The van der Waals surface area contributed by atoms with Crippen LogP contribution in [0.4, 0.5) is 5.69 Å². The third-order valence-corrected chi connectivity index (χ3v) is 4.79. The minimum absolute atomic E-state index is 0.0949. The Balaban J connectivity index is 1.75. The Bertz CT molecular complexity index is 1090. The number of carbonyl (C=O) groups excluding carboxylic acids is 1. The zero-order chi connectivity index (χ0) is 19.1. The van der Waals surface area contributed by atoms with Crippen LogP contribution in [0.1, 0.15) is 22.5 Å². The molecule has 1 amide bonds. The Morgan fingerprint density at radius 3 is 2.48 bits per heavy atom. The van der Waals surface area contributed by atoms with Gasteiger partial charge >= 0.3 is 0 Å². The van der Waals surface area contributed by atoms with E-state index >= 15 is 0 Å². The van der Waals surface area contributed by atoms with Crippen LogP contribution in [0.3, 0.4) is 0 Å². The van der Waals surface area contributed by atoms with Crippen LogP contribution >= 0.6 is 0 Å². The number of aromatic nitrogens is 1. The van der Waals surface area contributed by atoms with Gasteiger partial charge in [-0.15, -0.1) is 0 Å². The maximum Gasteiger partial charge on any atom is 0.256 e. The maximum atomic E-state index is 12.5. The van der Waals surface area contributed by atoms with Crippen molar-refractivity contribution in [2.75, 3.05) is 12.4 Å². The Hall–Kier alpha value is -3.47. The highest BCUT2D eigenvalue weighted by Gasteiger charge is 2.25. The molecule has 4 rings (SSSR count). The molecule has 1 aliphatic heterocycles. The van der Waals surface area contributed by atoms with Crippen molar-refractivity contribution in [3.63, 3.8) is 0 Å². The van der Waals surface area contributed by atoms with Crippen LogP contribution in [0.5, 0.6) is 11.5 Å². The van der Waals surface area contributed by atoms with Crippen LogP contribution in [0, 0.1) is 13.8 Å². The summed E-state index contributed by atoms with van der Waals surface area (Å²) in [7, 11) is 1.52. The third-order valence-electron chi connectivity index (χ3n) is 4.79. The van der Waals surface area contributed by atoms with E-state index in [1.54, 1.807) is 12.1 Å². The molecule has 3 N–H and O–H groups in total. The fourth-order valence-electron chi connectivity index (χ4n) is 3.42. The standard InChI is InChI=1S/C22H20N2O3/c1-12-8-13(2)23-18(12)11-17-16-6-4-14(9-19(16)24-22(17)26)15-5-7-20(25)21(10-15)27-3/h4-11,23,25H,1-3H3,(H,24,26). The van der Waals surface area contributed by atoms with Crippen molar-refractivity contribution in [1.29, 1.82) is 0 Å². The first kappa shape index (κ1) is 17.0. The molecule has 0 bridgehead atoms. The van der Waals surface area contributed by atoms with E-state index < -0.39 is 0 Å². The predicted molar refractivity (Wildman–Crippen MR) is 107 cm³/mol. The molecule has 1 aliphatic rings. The number of rotatable bonds is 3. The fraction of sp³-hybridized carbons (Fsp3) is 0.136. The van der Waals surface area contributed by atoms with Crippen LogP contribution in [-0.2, 0) is 4.79 Å². The molecule has 0 spiro atoms. The molecule has 3 aromatic rings. The van der Waals surface area contributed by atoms with Gasteiger partial charge in [0.05, 0.1) is 12.7 Å². The normalized spacial score (nSPS) is 14.3. The van der Waals surface area contributed by atoms with Gasteiger partial charge in [0.25, 0.3) is 5.91 Å². The van der Waals surface area contributed by atoms with Gasteiger partial charge in [-0.25, -0.2) is 0 Å². The summed E-state index contributed by atoms with van der Waals surface area (Å²) in [6.45, 7) is 4.01. The summed E-state index contributed by atoms with van der Waals surface area (Å²) in [6.07, 6.45) is 1.90. The Kier molecular flexibility index (Phi) is 4.00. The maximum absolute atomic E-state index is 12.5. The molecular weight excluding hydrogens is 340 g/mol. The molecule has 1 aromatic heterocycles. The van der Waals surface area contributed by atoms with E-state index in [9.17, 15) is 9.90 Å². The summed E-state index contributed by atoms with van der Waals surface area (Å²) >= 11 is 0. The number of hydrogen-bond donors (Lipinski definition) is 3. The van der Waals surface area contributed by atoms with E-state index in [-0.39, 0.29) is 11.7 Å². The lowest BCUT2D eigenvalue weighted by molar-refractivity contribution is -0.110. The second kappa shape index (κ2) is 6.36. The minimum atomic E-state index is -0.114. The highest BCUT2D eigenvalue weighted by Crippen LogP contribution is 2.38. The lowest BCUT2D eigenvalue weighted by Gasteiger charge is -2.08. The smallest absolute Gasteiger partial charge is 0.256 e. The average molecular weight is 360 g/mol. The zero-order valence-electron chi connectivity index (χ0n) is 15.4. The number of ether oxygens (including phenoxy) is 1. The molecular formula is C22H20N2O3. The predicted octanol–water partition coefficient (Wildman–Crippen LogP) is 4.51. The number of amides is 1. The number of hydrogen-bond acceptors (Lipinski definition) is 3. The van der Waals surface area contributed by atoms with Gasteiger partial charge in [0.1, 0.15) is 0 Å². The second-order valence-corrected chi connectivity index (χ2v) is 6.71. The molecule has 2 aromatic carbocycles. The van der Waals surface area contributed by atoms with Gasteiger partial charge < -0.3 is 20.1 Å².